The van der Waals surface area contributed by atoms with Gasteiger partial charge in [-0.05, 0) is 41.9 Å². The number of hydrogen-bond acceptors (Lipinski definition) is 3. The number of carbonyl (C=O) groups is 1. The van der Waals surface area contributed by atoms with Crippen LogP contribution in [-0.2, 0) is 4.74 Å². The molecule has 0 saturated carbocycles. The summed E-state index contributed by atoms with van der Waals surface area (Å²) < 4.78 is 6.28. The molecule has 15 heavy (non-hydrogen) atoms. The van der Waals surface area contributed by atoms with Crippen molar-refractivity contribution in [3.05, 3.63) is 20.8 Å². The second kappa shape index (κ2) is 6.25. The van der Waals surface area contributed by atoms with Crippen molar-refractivity contribution < 1.29 is 9.53 Å². The molecule has 1 heterocycles. The molecule has 0 aliphatic heterocycles. The van der Waals surface area contributed by atoms with E-state index in [2.05, 4.69) is 21.2 Å². The highest BCUT2D eigenvalue weighted by Gasteiger charge is 2.09. The average Bonchev–Trinajstić information content (AvgIpc) is 2.62. The highest BCUT2D eigenvalue weighted by molar-refractivity contribution is 9.11. The van der Waals surface area contributed by atoms with Crippen LogP contribution in [0, 0.1) is 0 Å². The summed E-state index contributed by atoms with van der Waals surface area (Å²) >= 11 is 4.74. The molecule has 1 aromatic heterocycles. The molecule has 1 amide bonds. The molecule has 0 spiro atoms. The first-order chi connectivity index (χ1) is 7.13. The van der Waals surface area contributed by atoms with Gasteiger partial charge in [0.2, 0.25) is 0 Å². The van der Waals surface area contributed by atoms with Gasteiger partial charge in [-0.15, -0.1) is 11.3 Å². The lowest BCUT2D eigenvalue weighted by atomic mass is 10.3. The minimum absolute atomic E-state index is 0.0442. The largest absolute Gasteiger partial charge is 0.377 e. The van der Waals surface area contributed by atoms with Gasteiger partial charge in [-0.1, -0.05) is 0 Å². The van der Waals surface area contributed by atoms with Crippen LogP contribution in [0.15, 0.2) is 15.9 Å². The number of amides is 1. The second-order valence-electron chi connectivity index (χ2n) is 3.08. The maximum absolute atomic E-state index is 11.6. The summed E-state index contributed by atoms with van der Waals surface area (Å²) in [6.07, 6.45) is 0.0577. The van der Waals surface area contributed by atoms with Crippen molar-refractivity contribution >= 4 is 33.2 Å². The van der Waals surface area contributed by atoms with Crippen LogP contribution in [0.1, 0.15) is 23.5 Å². The Morgan fingerprint density at radius 3 is 2.93 bits per heavy atom. The Balaban J connectivity index is 2.36. The van der Waals surface area contributed by atoms with Crippen LogP contribution in [0.25, 0.3) is 0 Å². The van der Waals surface area contributed by atoms with Crippen LogP contribution in [0.3, 0.4) is 0 Å². The van der Waals surface area contributed by atoms with Gasteiger partial charge in [0, 0.05) is 13.2 Å². The maximum Gasteiger partial charge on any atom is 0.261 e. The van der Waals surface area contributed by atoms with Gasteiger partial charge < -0.3 is 10.1 Å². The molecule has 1 rings (SSSR count). The van der Waals surface area contributed by atoms with Crippen molar-refractivity contribution in [1.29, 1.82) is 0 Å². The first-order valence-electron chi connectivity index (χ1n) is 4.78. The molecular weight excluding hydrogens is 278 g/mol. The van der Waals surface area contributed by atoms with Crippen LogP contribution in [-0.4, -0.2) is 25.2 Å². The van der Waals surface area contributed by atoms with Gasteiger partial charge in [0.15, 0.2) is 0 Å². The predicted molar refractivity (Wildman–Crippen MR) is 65.4 cm³/mol. The molecule has 0 aliphatic rings. The molecule has 0 fully saturated rings. The molecule has 1 unspecified atom stereocenters. The zero-order valence-electron chi connectivity index (χ0n) is 8.75. The Labute approximate surface area is 102 Å². The van der Waals surface area contributed by atoms with Crippen LogP contribution in [0.4, 0.5) is 0 Å². The Morgan fingerprint density at radius 1 is 1.67 bits per heavy atom. The van der Waals surface area contributed by atoms with Crippen LogP contribution in [0.5, 0.6) is 0 Å². The fourth-order valence-corrected chi connectivity index (χ4v) is 2.41. The quantitative estimate of drug-likeness (QED) is 0.906. The van der Waals surface area contributed by atoms with E-state index < -0.39 is 0 Å². The first kappa shape index (κ1) is 12.7. The third kappa shape index (κ3) is 4.32. The lowest BCUT2D eigenvalue weighted by molar-refractivity contribution is 0.0696. The number of nitrogens with one attached hydrogen (secondary N) is 1. The summed E-state index contributed by atoms with van der Waals surface area (Å²) in [7, 11) is 0. The number of hydrogen-bond donors (Lipinski definition) is 1. The molecule has 0 radical (unpaired) electrons. The minimum Gasteiger partial charge on any atom is -0.377 e. The standard InChI is InChI=1S/C10H14BrNO2S/c1-3-14-7(2)6-12-10(13)8-4-5-9(11)15-8/h4-5,7H,3,6H2,1-2H3,(H,12,13). The van der Waals surface area contributed by atoms with Gasteiger partial charge in [-0.2, -0.15) is 0 Å². The predicted octanol–water partition coefficient (Wildman–Crippen LogP) is 2.67. The molecule has 0 aromatic carbocycles. The summed E-state index contributed by atoms with van der Waals surface area (Å²) in [6.45, 7) is 5.09. The van der Waals surface area contributed by atoms with E-state index in [0.717, 1.165) is 3.79 Å². The number of carbonyl (C=O) groups excluding carboxylic acids is 1. The van der Waals surface area contributed by atoms with Crippen molar-refractivity contribution in [1.82, 2.24) is 5.32 Å². The third-order valence-electron chi connectivity index (χ3n) is 1.80. The number of ether oxygens (including phenoxy) is 1. The second-order valence-corrected chi connectivity index (χ2v) is 5.54. The minimum atomic E-state index is -0.0442. The van der Waals surface area contributed by atoms with E-state index in [9.17, 15) is 4.79 Å². The number of halogens is 1. The summed E-state index contributed by atoms with van der Waals surface area (Å²) in [5.41, 5.74) is 0. The van der Waals surface area contributed by atoms with E-state index in [-0.39, 0.29) is 12.0 Å². The van der Waals surface area contributed by atoms with E-state index in [4.69, 9.17) is 4.74 Å². The van der Waals surface area contributed by atoms with E-state index in [0.29, 0.717) is 18.0 Å². The molecule has 84 valence electrons. The van der Waals surface area contributed by atoms with Crippen molar-refractivity contribution in [2.45, 2.75) is 20.0 Å². The van der Waals surface area contributed by atoms with E-state index in [1.807, 2.05) is 19.9 Å². The van der Waals surface area contributed by atoms with Crippen molar-refractivity contribution in [3.63, 3.8) is 0 Å². The Kier molecular flexibility index (Phi) is 5.28. The molecule has 3 nitrogen and oxygen atoms in total. The van der Waals surface area contributed by atoms with Crippen LogP contribution >= 0.6 is 27.3 Å². The zero-order valence-corrected chi connectivity index (χ0v) is 11.2. The molecule has 5 heteroatoms. The Bertz CT molecular complexity index is 327. The molecule has 1 atom stereocenters. The average molecular weight is 292 g/mol. The van der Waals surface area contributed by atoms with Crippen LogP contribution in [0.2, 0.25) is 0 Å². The maximum atomic E-state index is 11.6. The summed E-state index contributed by atoms with van der Waals surface area (Å²) in [5.74, 6) is -0.0442. The summed E-state index contributed by atoms with van der Waals surface area (Å²) in [4.78, 5) is 12.3. The monoisotopic (exact) mass is 291 g/mol. The molecular formula is C10H14BrNO2S. The fraction of sp³-hybridized carbons (Fsp3) is 0.500. The lowest BCUT2D eigenvalue weighted by Crippen LogP contribution is -2.31. The Morgan fingerprint density at radius 2 is 2.40 bits per heavy atom. The van der Waals surface area contributed by atoms with Gasteiger partial charge in [-0.25, -0.2) is 0 Å². The third-order valence-corrected chi connectivity index (χ3v) is 3.42. The van der Waals surface area contributed by atoms with Gasteiger partial charge in [0.05, 0.1) is 14.8 Å². The first-order valence-corrected chi connectivity index (χ1v) is 6.39. The van der Waals surface area contributed by atoms with Gasteiger partial charge >= 0.3 is 0 Å². The molecule has 1 aromatic rings. The highest BCUT2D eigenvalue weighted by atomic mass is 79.9. The van der Waals surface area contributed by atoms with E-state index >= 15 is 0 Å². The summed E-state index contributed by atoms with van der Waals surface area (Å²) in [5, 5.41) is 2.82. The SMILES string of the molecule is CCOC(C)CNC(=O)c1ccc(Br)s1. The fourth-order valence-electron chi connectivity index (χ4n) is 1.10. The molecule has 0 aliphatic carbocycles. The van der Waals surface area contributed by atoms with Crippen LogP contribution < -0.4 is 5.32 Å². The van der Waals surface area contributed by atoms with Gasteiger partial charge in [0.1, 0.15) is 0 Å². The van der Waals surface area contributed by atoms with E-state index in [1.165, 1.54) is 11.3 Å². The molecule has 0 saturated heterocycles. The van der Waals surface area contributed by atoms with Gasteiger partial charge in [-0.3, -0.25) is 4.79 Å². The molecule has 0 bridgehead atoms. The molecule has 1 N–H and O–H groups in total. The smallest absolute Gasteiger partial charge is 0.261 e. The van der Waals surface area contributed by atoms with Crippen molar-refractivity contribution in [2.75, 3.05) is 13.2 Å². The number of thiophene rings is 1. The zero-order chi connectivity index (χ0) is 11.3. The lowest BCUT2D eigenvalue weighted by Gasteiger charge is -2.11. The van der Waals surface area contributed by atoms with Gasteiger partial charge in [0.25, 0.3) is 5.91 Å². The normalized spacial score (nSPS) is 12.5. The summed E-state index contributed by atoms with van der Waals surface area (Å²) in [6, 6.07) is 3.67. The van der Waals surface area contributed by atoms with E-state index in [1.54, 1.807) is 6.07 Å². The van der Waals surface area contributed by atoms with Crippen molar-refractivity contribution in [2.24, 2.45) is 0 Å². The Hall–Kier alpha value is -0.390. The topological polar surface area (TPSA) is 38.3 Å². The number of rotatable bonds is 5. The highest BCUT2D eigenvalue weighted by Crippen LogP contribution is 2.21. The van der Waals surface area contributed by atoms with Crippen molar-refractivity contribution in [3.8, 4) is 0 Å².